The molecule has 0 spiro atoms. The van der Waals surface area contributed by atoms with Crippen LogP contribution in [0.2, 0.25) is 0 Å². The third-order valence-electron chi connectivity index (χ3n) is 2.89. The summed E-state index contributed by atoms with van der Waals surface area (Å²) in [7, 11) is 0. The molecule has 1 aromatic rings. The lowest BCUT2D eigenvalue weighted by molar-refractivity contribution is 0.374. The highest BCUT2D eigenvalue weighted by Crippen LogP contribution is 2.08. The van der Waals surface area contributed by atoms with E-state index in [1.165, 1.54) is 0 Å². The minimum atomic E-state index is 0.166. The molecular formula is C13H24N4. The highest BCUT2D eigenvalue weighted by molar-refractivity contribution is 5.24. The zero-order valence-electron chi connectivity index (χ0n) is 11.4. The van der Waals surface area contributed by atoms with Gasteiger partial charge in [-0.2, -0.15) is 0 Å². The van der Waals surface area contributed by atoms with Gasteiger partial charge in [-0.15, -0.1) is 0 Å². The van der Waals surface area contributed by atoms with Crippen molar-refractivity contribution in [2.24, 2.45) is 0 Å². The Kier molecular flexibility index (Phi) is 5.35. The molecule has 0 fully saturated rings. The normalized spacial score (nSPS) is 11.5. The van der Waals surface area contributed by atoms with E-state index >= 15 is 0 Å². The monoisotopic (exact) mass is 236 g/mol. The smallest absolute Gasteiger partial charge is 0.222 e. The van der Waals surface area contributed by atoms with Gasteiger partial charge in [-0.3, -0.25) is 0 Å². The SMILES string of the molecule is CCCNc1ncc(CNC(C)(C)CC)cn1. The Morgan fingerprint density at radius 2 is 1.82 bits per heavy atom. The summed E-state index contributed by atoms with van der Waals surface area (Å²) in [6, 6.07) is 0. The lowest BCUT2D eigenvalue weighted by atomic mass is 10.0. The lowest BCUT2D eigenvalue weighted by Gasteiger charge is -2.24. The van der Waals surface area contributed by atoms with E-state index in [1.807, 2.05) is 12.4 Å². The largest absolute Gasteiger partial charge is 0.354 e. The molecule has 0 aliphatic rings. The molecule has 0 saturated carbocycles. The van der Waals surface area contributed by atoms with E-state index in [9.17, 15) is 0 Å². The first-order valence-electron chi connectivity index (χ1n) is 6.37. The minimum absolute atomic E-state index is 0.166. The van der Waals surface area contributed by atoms with Crippen LogP contribution in [0.25, 0.3) is 0 Å². The van der Waals surface area contributed by atoms with Gasteiger partial charge in [-0.1, -0.05) is 13.8 Å². The van der Waals surface area contributed by atoms with Gasteiger partial charge in [-0.25, -0.2) is 9.97 Å². The molecule has 0 aliphatic heterocycles. The zero-order chi connectivity index (χ0) is 12.7. The van der Waals surface area contributed by atoms with Crippen LogP contribution in [0, 0.1) is 0 Å². The molecule has 96 valence electrons. The summed E-state index contributed by atoms with van der Waals surface area (Å²) >= 11 is 0. The van der Waals surface area contributed by atoms with E-state index in [2.05, 4.69) is 48.3 Å². The molecule has 0 radical (unpaired) electrons. The molecule has 0 unspecified atom stereocenters. The molecular weight excluding hydrogens is 212 g/mol. The molecule has 1 heterocycles. The van der Waals surface area contributed by atoms with Gasteiger partial charge < -0.3 is 10.6 Å². The molecule has 17 heavy (non-hydrogen) atoms. The van der Waals surface area contributed by atoms with E-state index in [-0.39, 0.29) is 5.54 Å². The molecule has 4 nitrogen and oxygen atoms in total. The fourth-order valence-electron chi connectivity index (χ4n) is 1.24. The van der Waals surface area contributed by atoms with Gasteiger partial charge in [0.1, 0.15) is 0 Å². The van der Waals surface area contributed by atoms with Crippen LogP contribution >= 0.6 is 0 Å². The van der Waals surface area contributed by atoms with Gasteiger partial charge >= 0.3 is 0 Å². The molecule has 1 rings (SSSR count). The van der Waals surface area contributed by atoms with Crippen molar-refractivity contribution in [1.82, 2.24) is 15.3 Å². The molecule has 0 saturated heterocycles. The Morgan fingerprint density at radius 1 is 1.18 bits per heavy atom. The maximum absolute atomic E-state index is 4.28. The summed E-state index contributed by atoms with van der Waals surface area (Å²) in [5.74, 6) is 0.713. The van der Waals surface area contributed by atoms with Gasteiger partial charge in [0.05, 0.1) is 0 Å². The van der Waals surface area contributed by atoms with Gasteiger partial charge in [0.25, 0.3) is 0 Å². The third kappa shape index (κ3) is 5.13. The van der Waals surface area contributed by atoms with Crippen LogP contribution in [0.5, 0.6) is 0 Å². The van der Waals surface area contributed by atoms with Gasteiger partial charge in [0.2, 0.25) is 5.95 Å². The lowest BCUT2D eigenvalue weighted by Crippen LogP contribution is -2.37. The van der Waals surface area contributed by atoms with E-state index in [0.717, 1.165) is 31.5 Å². The Hall–Kier alpha value is -1.16. The second-order valence-electron chi connectivity index (χ2n) is 4.93. The zero-order valence-corrected chi connectivity index (χ0v) is 11.4. The molecule has 0 amide bonds. The summed E-state index contributed by atoms with van der Waals surface area (Å²) in [5.41, 5.74) is 1.28. The number of nitrogens with zero attached hydrogens (tertiary/aromatic N) is 2. The molecule has 0 atom stereocenters. The first-order chi connectivity index (χ1) is 8.07. The number of anilines is 1. The predicted octanol–water partition coefficient (Wildman–Crippen LogP) is 2.58. The number of rotatable bonds is 7. The minimum Gasteiger partial charge on any atom is -0.354 e. The summed E-state index contributed by atoms with van der Waals surface area (Å²) in [6.45, 7) is 10.4. The van der Waals surface area contributed by atoms with Crippen molar-refractivity contribution in [1.29, 1.82) is 0 Å². The van der Waals surface area contributed by atoms with Crippen molar-refractivity contribution >= 4 is 5.95 Å². The Bertz CT molecular complexity index is 319. The highest BCUT2D eigenvalue weighted by atomic mass is 15.1. The summed E-state index contributed by atoms with van der Waals surface area (Å²) in [5, 5.41) is 6.65. The van der Waals surface area contributed by atoms with Crippen LogP contribution in [0.3, 0.4) is 0 Å². The maximum Gasteiger partial charge on any atom is 0.222 e. The third-order valence-corrected chi connectivity index (χ3v) is 2.89. The summed E-state index contributed by atoms with van der Waals surface area (Å²) < 4.78 is 0. The molecule has 1 aromatic heterocycles. The first-order valence-corrected chi connectivity index (χ1v) is 6.37. The van der Waals surface area contributed by atoms with Crippen molar-refractivity contribution in [3.05, 3.63) is 18.0 Å². The topological polar surface area (TPSA) is 49.8 Å². The first kappa shape index (κ1) is 13.9. The van der Waals surface area contributed by atoms with E-state index in [1.54, 1.807) is 0 Å². The maximum atomic E-state index is 4.28. The van der Waals surface area contributed by atoms with Gasteiger partial charge in [-0.05, 0) is 26.7 Å². The predicted molar refractivity (Wildman–Crippen MR) is 72.0 cm³/mol. The number of aromatic nitrogens is 2. The number of nitrogens with one attached hydrogen (secondary N) is 2. The van der Waals surface area contributed by atoms with Crippen LogP contribution in [0.15, 0.2) is 12.4 Å². The van der Waals surface area contributed by atoms with Crippen LogP contribution in [-0.4, -0.2) is 22.1 Å². The highest BCUT2D eigenvalue weighted by Gasteiger charge is 2.13. The fourth-order valence-corrected chi connectivity index (χ4v) is 1.24. The second-order valence-corrected chi connectivity index (χ2v) is 4.93. The van der Waals surface area contributed by atoms with Crippen LogP contribution in [0.1, 0.15) is 46.1 Å². The van der Waals surface area contributed by atoms with Crippen LogP contribution in [0.4, 0.5) is 5.95 Å². The quantitative estimate of drug-likeness (QED) is 0.764. The average molecular weight is 236 g/mol. The average Bonchev–Trinajstić information content (AvgIpc) is 2.35. The van der Waals surface area contributed by atoms with Gasteiger partial charge in [0.15, 0.2) is 0 Å². The number of hydrogen-bond donors (Lipinski definition) is 2. The Balaban J connectivity index is 2.45. The molecule has 0 bridgehead atoms. The van der Waals surface area contributed by atoms with Crippen LogP contribution in [-0.2, 0) is 6.54 Å². The van der Waals surface area contributed by atoms with Crippen molar-refractivity contribution in [2.45, 2.75) is 52.6 Å². The van der Waals surface area contributed by atoms with Gasteiger partial charge in [0, 0.05) is 36.6 Å². The fraction of sp³-hybridized carbons (Fsp3) is 0.692. The van der Waals surface area contributed by atoms with Crippen molar-refractivity contribution in [3.8, 4) is 0 Å². The van der Waals surface area contributed by atoms with E-state index in [0.29, 0.717) is 5.95 Å². The summed E-state index contributed by atoms with van der Waals surface area (Å²) in [4.78, 5) is 8.56. The number of hydrogen-bond acceptors (Lipinski definition) is 4. The van der Waals surface area contributed by atoms with Crippen molar-refractivity contribution in [2.75, 3.05) is 11.9 Å². The standard InChI is InChI=1S/C13H24N4/c1-5-7-14-12-15-8-11(9-16-12)10-17-13(3,4)6-2/h8-9,17H,5-7,10H2,1-4H3,(H,14,15,16). The molecule has 0 aliphatic carbocycles. The van der Waals surface area contributed by atoms with E-state index in [4.69, 9.17) is 0 Å². The molecule has 0 aromatic carbocycles. The van der Waals surface area contributed by atoms with E-state index < -0.39 is 0 Å². The molecule has 2 N–H and O–H groups in total. The van der Waals surface area contributed by atoms with Crippen molar-refractivity contribution < 1.29 is 0 Å². The Morgan fingerprint density at radius 3 is 2.35 bits per heavy atom. The van der Waals surface area contributed by atoms with Crippen LogP contribution < -0.4 is 10.6 Å². The summed E-state index contributed by atoms with van der Waals surface area (Å²) in [6.07, 6.45) is 5.94. The Labute approximate surface area is 104 Å². The van der Waals surface area contributed by atoms with Crippen molar-refractivity contribution in [3.63, 3.8) is 0 Å². The second kappa shape index (κ2) is 6.55. The molecule has 4 heteroatoms.